The van der Waals surface area contributed by atoms with E-state index in [9.17, 15) is 4.79 Å². The highest BCUT2D eigenvalue weighted by molar-refractivity contribution is 6.39. The Balaban J connectivity index is 2.00. The number of amides is 1. The van der Waals surface area contributed by atoms with E-state index in [0.29, 0.717) is 22.2 Å². The predicted molar refractivity (Wildman–Crippen MR) is 138 cm³/mol. The summed E-state index contributed by atoms with van der Waals surface area (Å²) in [6.45, 7) is 13.1. The molecule has 0 aromatic heterocycles. The Hall–Kier alpha value is -1.91. The second-order valence-electron chi connectivity index (χ2n) is 9.51. The van der Waals surface area contributed by atoms with Crippen molar-refractivity contribution >= 4 is 29.1 Å². The summed E-state index contributed by atoms with van der Waals surface area (Å²) in [4.78, 5) is 12.4. The van der Waals surface area contributed by atoms with Crippen molar-refractivity contribution in [2.45, 2.75) is 84.8 Å². The van der Waals surface area contributed by atoms with Crippen LogP contribution in [0.3, 0.4) is 0 Å². The first-order valence-corrected chi connectivity index (χ1v) is 12.5. The van der Waals surface area contributed by atoms with Gasteiger partial charge in [0.2, 0.25) is 0 Å². The summed E-state index contributed by atoms with van der Waals surface area (Å²) in [7, 11) is 0. The van der Waals surface area contributed by atoms with E-state index in [0.717, 1.165) is 49.2 Å². The lowest BCUT2D eigenvalue weighted by atomic mass is 10.0. The van der Waals surface area contributed by atoms with E-state index in [1.165, 1.54) is 0 Å². The van der Waals surface area contributed by atoms with Gasteiger partial charge in [0.15, 0.2) is 0 Å². The van der Waals surface area contributed by atoms with Gasteiger partial charge in [0.25, 0.3) is 5.91 Å². The molecule has 6 heteroatoms. The van der Waals surface area contributed by atoms with Crippen LogP contribution in [-0.4, -0.2) is 23.7 Å². The lowest BCUT2D eigenvalue weighted by molar-refractivity contribution is 0.0942. The van der Waals surface area contributed by atoms with Crippen LogP contribution >= 0.6 is 23.2 Å². The number of unbranched alkanes of at least 4 members (excludes halogenated alkanes) is 1. The summed E-state index contributed by atoms with van der Waals surface area (Å²) in [6.07, 6.45) is 4.38. The van der Waals surface area contributed by atoms with Gasteiger partial charge in [0, 0.05) is 12.6 Å². The molecular formula is C27H37Cl2NO3. The standard InChI is InChI=1S/C27H37Cl2NO3/c1-7-26(3,4)32-20-16-15-19(23(18-20)33-27(5,6)8-2)12-9-10-17-30-25(31)24-21(28)13-11-14-22(24)29/h11,13-16,18H,7-10,12,17H2,1-6H3,(H,30,31). The maximum absolute atomic E-state index is 12.4. The number of halogens is 2. The van der Waals surface area contributed by atoms with E-state index in [-0.39, 0.29) is 17.1 Å². The SMILES string of the molecule is CCC(C)(C)Oc1ccc(CCCCNC(=O)c2c(Cl)cccc2Cl)c(OC(C)(C)CC)c1. The Morgan fingerprint density at radius 3 is 2.12 bits per heavy atom. The van der Waals surface area contributed by atoms with E-state index in [1.807, 2.05) is 12.1 Å². The van der Waals surface area contributed by atoms with Gasteiger partial charge in [-0.25, -0.2) is 0 Å². The molecule has 0 fully saturated rings. The van der Waals surface area contributed by atoms with Crippen molar-refractivity contribution in [1.82, 2.24) is 5.32 Å². The van der Waals surface area contributed by atoms with Crippen molar-refractivity contribution in [3.63, 3.8) is 0 Å². The first kappa shape index (κ1) is 27.3. The summed E-state index contributed by atoms with van der Waals surface area (Å²) in [6, 6.07) is 11.2. The first-order valence-electron chi connectivity index (χ1n) is 11.7. The Morgan fingerprint density at radius 1 is 0.909 bits per heavy atom. The lowest BCUT2D eigenvalue weighted by Gasteiger charge is -2.29. The molecule has 2 aromatic rings. The molecule has 0 atom stereocenters. The summed E-state index contributed by atoms with van der Waals surface area (Å²) >= 11 is 12.2. The monoisotopic (exact) mass is 493 g/mol. The predicted octanol–water partition coefficient (Wildman–Crippen LogP) is 7.88. The molecule has 0 unspecified atom stereocenters. The normalized spacial score (nSPS) is 11.9. The molecule has 0 saturated carbocycles. The average molecular weight is 495 g/mol. The topological polar surface area (TPSA) is 47.6 Å². The maximum atomic E-state index is 12.4. The van der Waals surface area contributed by atoms with E-state index in [4.69, 9.17) is 32.7 Å². The lowest BCUT2D eigenvalue weighted by Crippen LogP contribution is -2.28. The van der Waals surface area contributed by atoms with Gasteiger partial charge in [-0.2, -0.15) is 0 Å². The molecular weight excluding hydrogens is 457 g/mol. The number of aryl methyl sites for hydroxylation is 1. The van der Waals surface area contributed by atoms with Crippen LogP contribution in [0.15, 0.2) is 36.4 Å². The molecule has 0 aliphatic heterocycles. The number of rotatable bonds is 12. The van der Waals surface area contributed by atoms with Crippen LogP contribution in [0.4, 0.5) is 0 Å². The molecule has 182 valence electrons. The summed E-state index contributed by atoms with van der Waals surface area (Å²) in [5.41, 5.74) is 0.958. The fourth-order valence-electron chi connectivity index (χ4n) is 3.11. The smallest absolute Gasteiger partial charge is 0.254 e. The maximum Gasteiger partial charge on any atom is 0.254 e. The highest BCUT2D eigenvalue weighted by atomic mass is 35.5. The highest BCUT2D eigenvalue weighted by Crippen LogP contribution is 2.32. The van der Waals surface area contributed by atoms with Crippen LogP contribution < -0.4 is 14.8 Å². The molecule has 1 N–H and O–H groups in total. The van der Waals surface area contributed by atoms with Crippen molar-refractivity contribution in [2.75, 3.05) is 6.54 Å². The van der Waals surface area contributed by atoms with E-state index >= 15 is 0 Å². The van der Waals surface area contributed by atoms with Crippen LogP contribution in [0.2, 0.25) is 10.0 Å². The van der Waals surface area contributed by atoms with Gasteiger partial charge >= 0.3 is 0 Å². The van der Waals surface area contributed by atoms with Crippen LogP contribution in [0, 0.1) is 0 Å². The zero-order valence-corrected chi connectivity index (χ0v) is 22.2. The summed E-state index contributed by atoms with van der Waals surface area (Å²) < 4.78 is 12.5. The second-order valence-corrected chi connectivity index (χ2v) is 10.3. The van der Waals surface area contributed by atoms with Gasteiger partial charge in [0.05, 0.1) is 15.6 Å². The van der Waals surface area contributed by atoms with Crippen molar-refractivity contribution in [3.8, 4) is 11.5 Å². The number of hydrogen-bond donors (Lipinski definition) is 1. The second kappa shape index (κ2) is 12.0. The minimum Gasteiger partial charge on any atom is -0.488 e. The van der Waals surface area contributed by atoms with Crippen LogP contribution in [0.5, 0.6) is 11.5 Å². The number of ether oxygens (including phenoxy) is 2. The third-order valence-corrected chi connectivity index (χ3v) is 6.50. The number of hydrogen-bond acceptors (Lipinski definition) is 3. The fraction of sp³-hybridized carbons (Fsp3) is 0.519. The quantitative estimate of drug-likeness (QED) is 0.305. The van der Waals surface area contributed by atoms with Gasteiger partial charge in [-0.3, -0.25) is 4.79 Å². The Morgan fingerprint density at radius 2 is 1.52 bits per heavy atom. The molecule has 0 heterocycles. The third kappa shape index (κ3) is 8.42. The number of carbonyl (C=O) groups is 1. The van der Waals surface area contributed by atoms with E-state index in [2.05, 4.69) is 52.9 Å². The van der Waals surface area contributed by atoms with Gasteiger partial charge in [-0.05, 0) is 83.6 Å². The Bertz CT molecular complexity index is 921. The van der Waals surface area contributed by atoms with E-state index < -0.39 is 0 Å². The first-order chi connectivity index (χ1) is 15.5. The van der Waals surface area contributed by atoms with Crippen molar-refractivity contribution in [1.29, 1.82) is 0 Å². The van der Waals surface area contributed by atoms with Crippen molar-refractivity contribution in [2.24, 2.45) is 0 Å². The molecule has 0 aliphatic carbocycles. The third-order valence-electron chi connectivity index (χ3n) is 5.87. The van der Waals surface area contributed by atoms with Gasteiger partial charge in [-0.1, -0.05) is 49.2 Å². The van der Waals surface area contributed by atoms with Crippen LogP contribution in [0.25, 0.3) is 0 Å². The number of carbonyl (C=O) groups excluding carboxylic acids is 1. The Kier molecular flexibility index (Phi) is 9.93. The van der Waals surface area contributed by atoms with Gasteiger partial charge in [0.1, 0.15) is 22.7 Å². The van der Waals surface area contributed by atoms with Crippen LogP contribution in [0.1, 0.15) is 83.1 Å². The van der Waals surface area contributed by atoms with E-state index in [1.54, 1.807) is 18.2 Å². The largest absolute Gasteiger partial charge is 0.488 e. The van der Waals surface area contributed by atoms with Gasteiger partial charge in [-0.15, -0.1) is 0 Å². The fourth-order valence-corrected chi connectivity index (χ4v) is 3.68. The minimum absolute atomic E-state index is 0.234. The molecule has 2 aromatic carbocycles. The van der Waals surface area contributed by atoms with Crippen molar-refractivity contribution < 1.29 is 14.3 Å². The molecule has 0 radical (unpaired) electrons. The molecule has 4 nitrogen and oxygen atoms in total. The average Bonchev–Trinajstić information content (AvgIpc) is 2.74. The van der Waals surface area contributed by atoms with Crippen molar-refractivity contribution in [3.05, 3.63) is 57.6 Å². The minimum atomic E-state index is -0.268. The summed E-state index contributed by atoms with van der Waals surface area (Å²) in [5, 5.41) is 3.62. The molecule has 0 aliphatic rings. The number of benzene rings is 2. The van der Waals surface area contributed by atoms with Crippen LogP contribution in [-0.2, 0) is 6.42 Å². The molecule has 0 saturated heterocycles. The Labute approximate surface area is 209 Å². The molecule has 1 amide bonds. The zero-order valence-electron chi connectivity index (χ0n) is 20.7. The summed E-state index contributed by atoms with van der Waals surface area (Å²) in [5.74, 6) is 1.42. The number of nitrogens with one attached hydrogen (secondary N) is 1. The molecule has 33 heavy (non-hydrogen) atoms. The zero-order chi connectivity index (χ0) is 24.6. The molecule has 0 bridgehead atoms. The highest BCUT2D eigenvalue weighted by Gasteiger charge is 2.21. The molecule has 2 rings (SSSR count). The molecule has 0 spiro atoms. The van der Waals surface area contributed by atoms with Gasteiger partial charge < -0.3 is 14.8 Å².